The second-order valence-corrected chi connectivity index (χ2v) is 7.76. The Morgan fingerprint density at radius 3 is 2.69 bits per heavy atom. The number of hydrogen-bond acceptors (Lipinski definition) is 4. The molecule has 2 saturated carbocycles. The third-order valence-corrected chi connectivity index (χ3v) is 5.81. The topological polar surface area (TPSA) is 68.0 Å². The predicted molar refractivity (Wildman–Crippen MR) is 101 cm³/mol. The quantitative estimate of drug-likeness (QED) is 0.765. The summed E-state index contributed by atoms with van der Waals surface area (Å²) < 4.78 is 5.47. The maximum absolute atomic E-state index is 12.2. The number of anilines is 1. The monoisotopic (exact) mass is 353 g/mol. The van der Waals surface area contributed by atoms with Gasteiger partial charge in [0.25, 0.3) is 0 Å². The highest BCUT2D eigenvalue weighted by molar-refractivity contribution is 5.91. The van der Waals surface area contributed by atoms with Crippen LogP contribution < -0.4 is 5.32 Å². The van der Waals surface area contributed by atoms with Crippen molar-refractivity contribution in [2.24, 2.45) is 5.92 Å². The van der Waals surface area contributed by atoms with Gasteiger partial charge < -0.3 is 9.84 Å². The first-order valence-electron chi connectivity index (χ1n) is 10.0. The molecule has 2 aromatic rings. The molecule has 0 spiro atoms. The number of nitrogens with one attached hydrogen (secondary N) is 1. The molecule has 26 heavy (non-hydrogen) atoms. The fourth-order valence-electron chi connectivity index (χ4n) is 4.28. The van der Waals surface area contributed by atoms with Gasteiger partial charge in [0.2, 0.25) is 17.6 Å². The zero-order valence-corrected chi connectivity index (χ0v) is 15.2. The maximum Gasteiger partial charge on any atom is 0.230 e. The number of amides is 1. The van der Waals surface area contributed by atoms with Crippen LogP contribution >= 0.6 is 0 Å². The molecule has 1 aromatic heterocycles. The first kappa shape index (κ1) is 17.3. The van der Waals surface area contributed by atoms with Gasteiger partial charge in [-0.05, 0) is 37.3 Å². The lowest BCUT2D eigenvalue weighted by Gasteiger charge is -2.09. The summed E-state index contributed by atoms with van der Waals surface area (Å²) in [5, 5.41) is 7.15. The number of nitrogens with zero attached hydrogens (tertiary/aromatic N) is 2. The van der Waals surface area contributed by atoms with Crippen LogP contribution in [0.1, 0.15) is 76.0 Å². The number of benzene rings is 1. The Morgan fingerprint density at radius 2 is 1.88 bits per heavy atom. The van der Waals surface area contributed by atoms with E-state index in [2.05, 4.69) is 15.5 Å². The van der Waals surface area contributed by atoms with E-state index in [9.17, 15) is 4.79 Å². The van der Waals surface area contributed by atoms with Crippen LogP contribution in [0.15, 0.2) is 28.8 Å². The highest BCUT2D eigenvalue weighted by Crippen LogP contribution is 2.34. The van der Waals surface area contributed by atoms with E-state index in [1.54, 1.807) is 0 Å². The molecule has 4 rings (SSSR count). The van der Waals surface area contributed by atoms with Gasteiger partial charge in [-0.3, -0.25) is 4.79 Å². The summed E-state index contributed by atoms with van der Waals surface area (Å²) in [7, 11) is 0. The number of rotatable bonds is 6. The van der Waals surface area contributed by atoms with Crippen LogP contribution in [0.5, 0.6) is 0 Å². The Morgan fingerprint density at radius 1 is 1.12 bits per heavy atom. The number of carbonyl (C=O) groups is 1. The Bertz CT molecular complexity index is 743. The Balaban J connectivity index is 1.37. The van der Waals surface area contributed by atoms with E-state index in [-0.39, 0.29) is 5.91 Å². The third-order valence-electron chi connectivity index (χ3n) is 5.81. The molecule has 2 aliphatic carbocycles. The number of aromatic nitrogens is 2. The summed E-state index contributed by atoms with van der Waals surface area (Å²) in [6.45, 7) is 0. The molecular weight excluding hydrogens is 326 g/mol. The molecule has 1 N–H and O–H groups in total. The van der Waals surface area contributed by atoms with Crippen LogP contribution in [0, 0.1) is 5.92 Å². The lowest BCUT2D eigenvalue weighted by Crippen LogP contribution is -2.12. The van der Waals surface area contributed by atoms with Crippen molar-refractivity contribution >= 4 is 11.6 Å². The van der Waals surface area contributed by atoms with E-state index in [0.29, 0.717) is 18.2 Å². The minimum absolute atomic E-state index is 0.0915. The van der Waals surface area contributed by atoms with Gasteiger partial charge in [-0.1, -0.05) is 55.8 Å². The largest absolute Gasteiger partial charge is 0.339 e. The van der Waals surface area contributed by atoms with Crippen LogP contribution in [0.3, 0.4) is 0 Å². The molecule has 0 atom stereocenters. The molecule has 0 radical (unpaired) electrons. The first-order valence-corrected chi connectivity index (χ1v) is 10.0. The van der Waals surface area contributed by atoms with E-state index in [1.165, 1.54) is 38.5 Å². The fourth-order valence-corrected chi connectivity index (χ4v) is 4.28. The van der Waals surface area contributed by atoms with Gasteiger partial charge in [-0.2, -0.15) is 4.98 Å². The molecule has 5 nitrogen and oxygen atoms in total. The molecular formula is C21H27N3O2. The van der Waals surface area contributed by atoms with Gasteiger partial charge in [0, 0.05) is 23.6 Å². The normalized spacial score (nSPS) is 18.5. The van der Waals surface area contributed by atoms with Crippen molar-refractivity contribution in [2.45, 2.75) is 70.1 Å². The molecule has 1 heterocycles. The van der Waals surface area contributed by atoms with Crippen molar-refractivity contribution < 1.29 is 9.32 Å². The molecule has 1 aromatic carbocycles. The smallest absolute Gasteiger partial charge is 0.230 e. The third kappa shape index (κ3) is 4.14. The van der Waals surface area contributed by atoms with E-state index in [1.807, 2.05) is 24.3 Å². The van der Waals surface area contributed by atoms with Gasteiger partial charge >= 0.3 is 0 Å². The first-order chi connectivity index (χ1) is 12.8. The van der Waals surface area contributed by atoms with Crippen molar-refractivity contribution in [1.29, 1.82) is 0 Å². The maximum atomic E-state index is 12.2. The van der Waals surface area contributed by atoms with Gasteiger partial charge in [-0.15, -0.1) is 0 Å². The Hall–Kier alpha value is -2.17. The zero-order chi connectivity index (χ0) is 17.8. The van der Waals surface area contributed by atoms with Crippen LogP contribution in [0.4, 0.5) is 5.69 Å². The van der Waals surface area contributed by atoms with E-state index in [4.69, 9.17) is 4.52 Å². The second-order valence-electron chi connectivity index (χ2n) is 7.76. The summed E-state index contributed by atoms with van der Waals surface area (Å²) >= 11 is 0. The van der Waals surface area contributed by atoms with Crippen molar-refractivity contribution in [3.05, 3.63) is 30.2 Å². The average Bonchev–Trinajstić information content (AvgIpc) is 3.42. The zero-order valence-electron chi connectivity index (χ0n) is 15.2. The summed E-state index contributed by atoms with van der Waals surface area (Å²) in [6.07, 6.45) is 11.6. The van der Waals surface area contributed by atoms with Crippen LogP contribution in [0.25, 0.3) is 11.4 Å². The standard InChI is InChI=1S/C21H27N3O2/c25-19(13-12-15-6-1-2-7-15)22-18-11-5-10-17(14-18)20-23-21(26-24-20)16-8-3-4-9-16/h5,10-11,14-16H,1-4,6-9,12-13H2,(H,22,25). The molecule has 2 fully saturated rings. The molecule has 138 valence electrons. The van der Waals surface area contributed by atoms with Gasteiger partial charge in [0.1, 0.15) is 0 Å². The van der Waals surface area contributed by atoms with E-state index < -0.39 is 0 Å². The minimum Gasteiger partial charge on any atom is -0.339 e. The van der Waals surface area contributed by atoms with Crippen molar-refractivity contribution in [3.63, 3.8) is 0 Å². The highest BCUT2D eigenvalue weighted by atomic mass is 16.5. The van der Waals surface area contributed by atoms with Crippen LogP contribution in [-0.4, -0.2) is 16.0 Å². The molecule has 5 heteroatoms. The van der Waals surface area contributed by atoms with E-state index in [0.717, 1.165) is 42.3 Å². The SMILES string of the molecule is O=C(CCC1CCCC1)Nc1cccc(-c2noc(C3CCCC3)n2)c1. The lowest BCUT2D eigenvalue weighted by atomic mass is 10.0. The molecule has 0 saturated heterocycles. The van der Waals surface area contributed by atoms with Crippen molar-refractivity contribution in [2.75, 3.05) is 5.32 Å². The van der Waals surface area contributed by atoms with E-state index >= 15 is 0 Å². The summed E-state index contributed by atoms with van der Waals surface area (Å²) in [4.78, 5) is 16.8. The predicted octanol–water partition coefficient (Wildman–Crippen LogP) is 5.30. The minimum atomic E-state index is 0.0915. The Labute approximate surface area is 154 Å². The van der Waals surface area contributed by atoms with Gasteiger partial charge in [-0.25, -0.2) is 0 Å². The lowest BCUT2D eigenvalue weighted by molar-refractivity contribution is -0.116. The van der Waals surface area contributed by atoms with Gasteiger partial charge in [0.15, 0.2) is 0 Å². The highest BCUT2D eigenvalue weighted by Gasteiger charge is 2.23. The number of hydrogen-bond donors (Lipinski definition) is 1. The molecule has 0 bridgehead atoms. The van der Waals surface area contributed by atoms with Crippen LogP contribution in [0.2, 0.25) is 0 Å². The fraction of sp³-hybridized carbons (Fsp3) is 0.571. The summed E-state index contributed by atoms with van der Waals surface area (Å²) in [5.74, 6) is 2.60. The molecule has 2 aliphatic rings. The summed E-state index contributed by atoms with van der Waals surface area (Å²) in [6, 6.07) is 7.72. The van der Waals surface area contributed by atoms with Crippen molar-refractivity contribution in [1.82, 2.24) is 10.1 Å². The van der Waals surface area contributed by atoms with Crippen LogP contribution in [-0.2, 0) is 4.79 Å². The molecule has 0 unspecified atom stereocenters. The second kappa shape index (κ2) is 8.02. The molecule has 1 amide bonds. The van der Waals surface area contributed by atoms with Gasteiger partial charge in [0.05, 0.1) is 0 Å². The van der Waals surface area contributed by atoms with Crippen molar-refractivity contribution in [3.8, 4) is 11.4 Å². The average molecular weight is 353 g/mol. The summed E-state index contributed by atoms with van der Waals surface area (Å²) in [5.41, 5.74) is 1.68. The molecule has 0 aliphatic heterocycles. The Kier molecular flexibility index (Phi) is 5.32. The number of carbonyl (C=O) groups excluding carboxylic acids is 1.